The van der Waals surface area contributed by atoms with Crippen LogP contribution < -0.4 is 5.32 Å². The molecular formula is C23H24BrNO4. The molecule has 0 amide bonds. The fraction of sp³-hybridized carbons (Fsp3) is 0.304. The molecular weight excluding hydrogens is 434 g/mol. The molecule has 1 aliphatic heterocycles. The van der Waals surface area contributed by atoms with Gasteiger partial charge in [0.15, 0.2) is 0 Å². The first kappa shape index (κ1) is 21.3. The van der Waals surface area contributed by atoms with Crippen LogP contribution in [0.15, 0.2) is 65.2 Å². The summed E-state index contributed by atoms with van der Waals surface area (Å²) in [6.45, 7) is 2.32. The number of hydrogen-bond donors (Lipinski definition) is 3. The van der Waals surface area contributed by atoms with E-state index in [1.165, 1.54) is 24.9 Å². The van der Waals surface area contributed by atoms with Crippen molar-refractivity contribution in [1.29, 1.82) is 0 Å². The van der Waals surface area contributed by atoms with Crippen molar-refractivity contribution in [3.8, 4) is 0 Å². The monoisotopic (exact) mass is 457 g/mol. The van der Waals surface area contributed by atoms with Gasteiger partial charge in [-0.1, -0.05) is 52.3 Å². The minimum absolute atomic E-state index is 0.558. The number of nitrogens with one attached hydrogen (secondary N) is 1. The Kier molecular flexibility index (Phi) is 7.23. The number of aliphatic carboxylic acids is 2. The molecule has 0 radical (unpaired) electrons. The summed E-state index contributed by atoms with van der Waals surface area (Å²) in [6.07, 6.45) is 3.72. The van der Waals surface area contributed by atoms with Crippen LogP contribution in [0.4, 0.5) is 0 Å². The molecule has 1 saturated heterocycles. The molecule has 4 rings (SSSR count). The van der Waals surface area contributed by atoms with Crippen LogP contribution >= 0.6 is 15.9 Å². The number of halogens is 1. The van der Waals surface area contributed by atoms with E-state index in [0.717, 1.165) is 16.9 Å². The van der Waals surface area contributed by atoms with Crippen molar-refractivity contribution in [2.45, 2.75) is 24.7 Å². The molecule has 1 aliphatic carbocycles. The molecule has 3 N–H and O–H groups in total. The molecule has 2 aromatic carbocycles. The summed E-state index contributed by atoms with van der Waals surface area (Å²) in [7, 11) is 0. The Hall–Kier alpha value is -2.44. The summed E-state index contributed by atoms with van der Waals surface area (Å²) in [5, 5.41) is 19.2. The fourth-order valence-electron chi connectivity index (χ4n) is 4.31. The highest BCUT2D eigenvalue weighted by Gasteiger charge is 2.36. The molecule has 2 aromatic rings. The van der Waals surface area contributed by atoms with Gasteiger partial charge >= 0.3 is 11.9 Å². The summed E-state index contributed by atoms with van der Waals surface area (Å²) < 4.78 is 1.16. The van der Waals surface area contributed by atoms with E-state index in [1.54, 1.807) is 11.1 Å². The van der Waals surface area contributed by atoms with Crippen LogP contribution in [-0.2, 0) is 9.59 Å². The zero-order valence-electron chi connectivity index (χ0n) is 15.9. The van der Waals surface area contributed by atoms with Crippen molar-refractivity contribution in [3.05, 3.63) is 81.8 Å². The van der Waals surface area contributed by atoms with Crippen molar-refractivity contribution in [1.82, 2.24) is 5.32 Å². The molecule has 0 aromatic heterocycles. The van der Waals surface area contributed by atoms with Gasteiger partial charge in [-0.3, -0.25) is 0 Å². The molecule has 0 saturated carbocycles. The lowest BCUT2D eigenvalue weighted by Gasteiger charge is -2.41. The largest absolute Gasteiger partial charge is 0.478 e. The van der Waals surface area contributed by atoms with Crippen LogP contribution in [-0.4, -0.2) is 35.2 Å². The van der Waals surface area contributed by atoms with E-state index in [2.05, 4.69) is 69.8 Å². The topological polar surface area (TPSA) is 86.6 Å². The zero-order valence-corrected chi connectivity index (χ0v) is 17.5. The maximum atomic E-state index is 9.55. The predicted molar refractivity (Wildman–Crippen MR) is 115 cm³/mol. The van der Waals surface area contributed by atoms with Gasteiger partial charge < -0.3 is 15.5 Å². The van der Waals surface area contributed by atoms with E-state index in [-0.39, 0.29) is 0 Å². The second-order valence-electron chi connectivity index (χ2n) is 7.34. The van der Waals surface area contributed by atoms with Crippen LogP contribution in [0, 0.1) is 5.92 Å². The number of benzene rings is 2. The molecule has 29 heavy (non-hydrogen) atoms. The molecule has 1 fully saturated rings. The molecule has 6 heteroatoms. The molecule has 3 atom stereocenters. The molecule has 0 spiro atoms. The number of carboxylic acids is 2. The Morgan fingerprint density at radius 1 is 0.966 bits per heavy atom. The first-order chi connectivity index (χ1) is 14.0. The molecule has 0 bridgehead atoms. The van der Waals surface area contributed by atoms with Crippen molar-refractivity contribution >= 4 is 27.9 Å². The average molecular weight is 458 g/mol. The quantitative estimate of drug-likeness (QED) is 0.594. The van der Waals surface area contributed by atoms with E-state index < -0.39 is 11.9 Å². The maximum absolute atomic E-state index is 9.55. The van der Waals surface area contributed by atoms with E-state index in [0.29, 0.717) is 24.0 Å². The standard InChI is InChI=1S/C19H20BrN.C4H4O4/c20-15-7-5-13(6-8-15)18-11-14-9-10-21-12-19(14)17-4-2-1-3-16(17)18;5-3(6)1-2-4(7)8/h1-8,14,18-19,21H,9-12H2;1-2H,(H,5,6)(H,7,8)/b;2-1-. The first-order valence-corrected chi connectivity index (χ1v) is 10.4. The van der Waals surface area contributed by atoms with E-state index >= 15 is 0 Å². The maximum Gasteiger partial charge on any atom is 0.328 e. The molecule has 3 unspecified atom stereocenters. The fourth-order valence-corrected chi connectivity index (χ4v) is 4.57. The minimum Gasteiger partial charge on any atom is -0.478 e. The van der Waals surface area contributed by atoms with Crippen molar-refractivity contribution in [3.63, 3.8) is 0 Å². The van der Waals surface area contributed by atoms with Gasteiger partial charge in [0, 0.05) is 29.1 Å². The van der Waals surface area contributed by atoms with Crippen LogP contribution in [0.3, 0.4) is 0 Å². The highest BCUT2D eigenvalue weighted by molar-refractivity contribution is 9.10. The highest BCUT2D eigenvalue weighted by Crippen LogP contribution is 2.47. The molecule has 152 valence electrons. The van der Waals surface area contributed by atoms with Gasteiger partial charge in [0.1, 0.15) is 0 Å². The lowest BCUT2D eigenvalue weighted by Crippen LogP contribution is -2.38. The van der Waals surface area contributed by atoms with Crippen LogP contribution in [0.2, 0.25) is 0 Å². The molecule has 1 heterocycles. The number of carboxylic acid groups (broad SMARTS) is 2. The van der Waals surface area contributed by atoms with Crippen molar-refractivity contribution in [2.24, 2.45) is 5.92 Å². The number of carbonyl (C=O) groups is 2. The summed E-state index contributed by atoms with van der Waals surface area (Å²) >= 11 is 3.55. The van der Waals surface area contributed by atoms with Gasteiger partial charge in [-0.2, -0.15) is 0 Å². The SMILES string of the molecule is Brc1ccc(C2CC3CCNCC3c3ccccc32)cc1.O=C(O)/C=C\C(=O)O. The Balaban J connectivity index is 0.000000258. The normalized spacial score (nSPS) is 22.7. The average Bonchev–Trinajstić information content (AvgIpc) is 2.73. The second-order valence-corrected chi connectivity index (χ2v) is 8.25. The zero-order chi connectivity index (χ0) is 20.8. The third kappa shape index (κ3) is 5.55. The van der Waals surface area contributed by atoms with Crippen molar-refractivity contribution in [2.75, 3.05) is 13.1 Å². The Labute approximate surface area is 178 Å². The number of fused-ring (bicyclic) bond motifs is 3. The Morgan fingerprint density at radius 3 is 2.21 bits per heavy atom. The van der Waals surface area contributed by atoms with Gasteiger partial charge in [-0.15, -0.1) is 0 Å². The lowest BCUT2D eigenvalue weighted by molar-refractivity contribution is -0.134. The Morgan fingerprint density at radius 2 is 1.59 bits per heavy atom. The summed E-state index contributed by atoms with van der Waals surface area (Å²) in [5.74, 6) is -0.412. The number of hydrogen-bond acceptors (Lipinski definition) is 3. The minimum atomic E-state index is -1.26. The second kappa shape index (κ2) is 9.85. The van der Waals surface area contributed by atoms with Gasteiger partial charge in [0.25, 0.3) is 0 Å². The smallest absolute Gasteiger partial charge is 0.328 e. The van der Waals surface area contributed by atoms with Gasteiger partial charge in [-0.05, 0) is 60.0 Å². The summed E-state index contributed by atoms with van der Waals surface area (Å²) in [4.78, 5) is 19.1. The van der Waals surface area contributed by atoms with E-state index in [1.807, 2.05) is 0 Å². The highest BCUT2D eigenvalue weighted by atomic mass is 79.9. The van der Waals surface area contributed by atoms with Crippen LogP contribution in [0.1, 0.15) is 41.4 Å². The van der Waals surface area contributed by atoms with Crippen LogP contribution in [0.25, 0.3) is 0 Å². The summed E-state index contributed by atoms with van der Waals surface area (Å²) in [5.41, 5.74) is 4.58. The predicted octanol–water partition coefficient (Wildman–Crippen LogP) is 4.39. The Bertz CT molecular complexity index is 878. The van der Waals surface area contributed by atoms with E-state index in [9.17, 15) is 9.59 Å². The molecule has 2 aliphatic rings. The number of piperidine rings is 1. The van der Waals surface area contributed by atoms with Gasteiger partial charge in [0.2, 0.25) is 0 Å². The lowest BCUT2D eigenvalue weighted by atomic mass is 9.66. The van der Waals surface area contributed by atoms with Crippen molar-refractivity contribution < 1.29 is 19.8 Å². The van der Waals surface area contributed by atoms with Gasteiger partial charge in [-0.25, -0.2) is 9.59 Å². The third-order valence-electron chi connectivity index (χ3n) is 5.58. The first-order valence-electron chi connectivity index (χ1n) is 9.64. The van der Waals surface area contributed by atoms with E-state index in [4.69, 9.17) is 10.2 Å². The van der Waals surface area contributed by atoms with Gasteiger partial charge in [0.05, 0.1) is 0 Å². The molecule has 5 nitrogen and oxygen atoms in total. The summed E-state index contributed by atoms with van der Waals surface area (Å²) in [6, 6.07) is 18.0. The van der Waals surface area contributed by atoms with Crippen LogP contribution in [0.5, 0.6) is 0 Å². The third-order valence-corrected chi connectivity index (χ3v) is 6.10. The number of rotatable bonds is 3.